The largest absolute Gasteiger partial charge is 0.488 e. The van der Waals surface area contributed by atoms with Gasteiger partial charge >= 0.3 is 7.12 Å². The normalized spacial score (nSPS) is 13.0. The number of ether oxygens (including phenoxy) is 2. The number of amides is 4. The molecule has 12 rings (SSSR count). The first kappa shape index (κ1) is 74.5. The van der Waals surface area contributed by atoms with Crippen LogP contribution in [0, 0.1) is 13.8 Å². The molecule has 0 spiro atoms. The van der Waals surface area contributed by atoms with Crippen LogP contribution in [0.1, 0.15) is 160 Å². The number of rotatable bonds is 24. The first-order valence-electron chi connectivity index (χ1n) is 34.6. The third-order valence-electron chi connectivity index (χ3n) is 18.2. The summed E-state index contributed by atoms with van der Waals surface area (Å²) < 4.78 is 15.9. The van der Waals surface area contributed by atoms with Gasteiger partial charge in [-0.25, -0.2) is 19.3 Å². The van der Waals surface area contributed by atoms with Crippen molar-refractivity contribution in [1.29, 1.82) is 0 Å². The minimum Gasteiger partial charge on any atom is -0.423 e. The van der Waals surface area contributed by atoms with Gasteiger partial charge in [0.25, 0.3) is 23.6 Å². The number of anilines is 2. The van der Waals surface area contributed by atoms with Crippen LogP contribution in [0.4, 0.5) is 11.4 Å². The Morgan fingerprint density at radius 3 is 1.37 bits per heavy atom. The number of halogens is 1. The molecule has 0 saturated carbocycles. The summed E-state index contributed by atoms with van der Waals surface area (Å²) in [5.74, 6) is -1.04. The van der Waals surface area contributed by atoms with Crippen LogP contribution in [0.5, 0.6) is 0 Å². The summed E-state index contributed by atoms with van der Waals surface area (Å²) in [5.41, 5.74) is 16.4. The predicted molar refractivity (Wildman–Crippen MR) is 400 cm³/mol. The molecule has 2 saturated heterocycles. The number of nitrogens with zero attached hydrogens (tertiary/aromatic N) is 6. The van der Waals surface area contributed by atoms with E-state index >= 15 is 0 Å². The number of aldehydes is 2. The minimum atomic E-state index is -1.50. The van der Waals surface area contributed by atoms with Crippen molar-refractivity contribution < 1.29 is 48.3 Å². The number of pyridine rings is 2. The van der Waals surface area contributed by atoms with E-state index in [1.807, 2.05) is 97.1 Å². The number of fused-ring (bicyclic) bond motifs is 2. The first-order chi connectivity index (χ1) is 49.5. The molecule has 6 heterocycles. The molecule has 0 aliphatic carbocycles. The molecule has 24 heteroatoms. The van der Waals surface area contributed by atoms with Crippen molar-refractivity contribution in [2.45, 2.75) is 131 Å². The average Bonchev–Trinajstić information content (AvgIpc) is 1.58. The zero-order valence-electron chi connectivity index (χ0n) is 58.3. The molecule has 0 atom stereocenters. The predicted octanol–water partition coefficient (Wildman–Crippen LogP) is 11.0. The molecule has 2 fully saturated rings. The SMILES string of the molecule is CCc1nc2c(cnn2CC)c(NC2CCOCC2)c1CNC(=O)c1cccc(C(=O)NCc2cc(-c3cccc(C=O)c3)ccc2C)c1.CCc1nc2c(cnn2CC)c(NC2CCOCC2)c1CNC(=O)c1cccc(C(=O)NCc2cc(Br)ccc2C)c1.O=Cc1cccc(B(O)O)c1. The molecule has 528 valence electrons. The Morgan fingerprint density at radius 1 is 0.520 bits per heavy atom. The first-order valence-corrected chi connectivity index (χ1v) is 35.4. The van der Waals surface area contributed by atoms with Crippen LogP contribution in [0.2, 0.25) is 0 Å². The van der Waals surface area contributed by atoms with Crippen molar-refractivity contribution >= 4 is 98.2 Å². The van der Waals surface area contributed by atoms with Crippen LogP contribution in [-0.4, -0.2) is 121 Å². The number of aryl methyl sites for hydroxylation is 6. The summed E-state index contributed by atoms with van der Waals surface area (Å²) in [7, 11) is -1.50. The van der Waals surface area contributed by atoms with Gasteiger partial charge in [-0.2, -0.15) is 10.2 Å². The van der Waals surface area contributed by atoms with E-state index < -0.39 is 7.12 Å². The Balaban J connectivity index is 0.000000192. The summed E-state index contributed by atoms with van der Waals surface area (Å²) in [5, 5.41) is 48.0. The molecule has 2 aliphatic heterocycles. The number of carbonyl (C=O) groups excluding carboxylic acids is 6. The lowest BCUT2D eigenvalue weighted by molar-refractivity contribution is 0.0903. The van der Waals surface area contributed by atoms with Crippen LogP contribution in [0.3, 0.4) is 0 Å². The van der Waals surface area contributed by atoms with E-state index in [4.69, 9.17) is 29.5 Å². The Kier molecular flexibility index (Phi) is 26.2. The lowest BCUT2D eigenvalue weighted by Crippen LogP contribution is -2.30. The van der Waals surface area contributed by atoms with Gasteiger partial charge in [-0.05, 0) is 166 Å². The van der Waals surface area contributed by atoms with E-state index in [2.05, 4.69) is 78.8 Å². The van der Waals surface area contributed by atoms with Crippen LogP contribution in [0.15, 0.2) is 150 Å². The standard InChI is InChI=1S/C39H42N6O4.C32H37BrN6O3.C7H7BO3/c1-4-35-33(36(43-32-14-16-49-17-15-32)34-23-42-45(5-2)37(34)44-35)22-41-39(48)30-11-7-10-29(20-30)38(47)40-21-31-19-28(13-12-25(31)3)27-9-6-8-26(18-27)24-46;1-4-28-26(29(37-25-11-13-42-14-12-25)27-19-36-39(5-2)30(27)38-28)18-35-32(41)22-8-6-7-21(15-22)31(40)34-17-23-16-24(33)10-9-20(23)3;9-5-6-2-1-3-7(4-6)8(10)11/h6-13,18-20,23-24,32H,4-5,14-17,21-22H2,1-3H3,(H,40,47)(H,41,48)(H,43,44);6-10,15-16,19,25H,4-5,11-14,17-18H2,1-3H3,(H,34,40)(H,35,41)(H,37,38);1-5,10-11H. The van der Waals surface area contributed by atoms with Crippen LogP contribution in [-0.2, 0) is 61.6 Å². The number of hydrogen-bond donors (Lipinski definition) is 8. The molecule has 0 unspecified atom stereocenters. The summed E-state index contributed by atoms with van der Waals surface area (Å²) in [6.45, 7) is 17.8. The molecule has 22 nitrogen and oxygen atoms in total. The molecule has 2 aliphatic rings. The maximum atomic E-state index is 13.5. The van der Waals surface area contributed by atoms with Crippen molar-refractivity contribution in [1.82, 2.24) is 50.8 Å². The van der Waals surface area contributed by atoms with Gasteiger partial charge in [-0.1, -0.05) is 103 Å². The maximum Gasteiger partial charge on any atom is 0.488 e. The van der Waals surface area contributed by atoms with Gasteiger partial charge in [0.2, 0.25) is 0 Å². The van der Waals surface area contributed by atoms with E-state index in [1.165, 1.54) is 12.1 Å². The fraction of sp³-hybridized carbons (Fsp3) is 0.308. The highest BCUT2D eigenvalue weighted by molar-refractivity contribution is 9.10. The van der Waals surface area contributed by atoms with Crippen molar-refractivity contribution in [3.8, 4) is 11.1 Å². The Hall–Kier alpha value is -10.2. The van der Waals surface area contributed by atoms with E-state index in [-0.39, 0.29) is 42.3 Å². The highest BCUT2D eigenvalue weighted by Gasteiger charge is 2.26. The molecular formula is C78H86BBrN12O10. The van der Waals surface area contributed by atoms with Crippen LogP contribution in [0.25, 0.3) is 33.2 Å². The Morgan fingerprint density at radius 2 is 0.931 bits per heavy atom. The van der Waals surface area contributed by atoms with E-state index in [9.17, 15) is 28.8 Å². The van der Waals surface area contributed by atoms with Gasteiger partial charge < -0.3 is 51.4 Å². The molecule has 10 aromatic rings. The lowest BCUT2D eigenvalue weighted by Gasteiger charge is -2.26. The maximum absolute atomic E-state index is 13.5. The third kappa shape index (κ3) is 18.8. The Bertz CT molecular complexity index is 4640. The smallest absolute Gasteiger partial charge is 0.423 e. The van der Waals surface area contributed by atoms with E-state index in [1.54, 1.807) is 66.7 Å². The van der Waals surface area contributed by atoms with Crippen LogP contribution < -0.4 is 37.4 Å². The average molecular weight is 1440 g/mol. The van der Waals surface area contributed by atoms with Gasteiger partial charge in [0.05, 0.1) is 34.5 Å². The quantitative estimate of drug-likeness (QED) is 0.0206. The van der Waals surface area contributed by atoms with Crippen LogP contribution >= 0.6 is 15.9 Å². The number of hydrogen-bond acceptors (Lipinski definition) is 16. The molecule has 6 aromatic carbocycles. The van der Waals surface area contributed by atoms with E-state index in [0.29, 0.717) is 97.4 Å². The second kappa shape index (κ2) is 35.9. The summed E-state index contributed by atoms with van der Waals surface area (Å²) in [6.07, 6.45) is 10.2. The molecular weight excluding hydrogens is 1360 g/mol. The van der Waals surface area contributed by atoms with Gasteiger partial charge in [0.15, 0.2) is 11.3 Å². The summed E-state index contributed by atoms with van der Waals surface area (Å²) in [4.78, 5) is 84.5. The molecule has 0 bridgehead atoms. The highest BCUT2D eigenvalue weighted by Crippen LogP contribution is 2.34. The molecule has 4 aromatic heterocycles. The summed E-state index contributed by atoms with van der Waals surface area (Å²) in [6, 6.07) is 39.7. The summed E-state index contributed by atoms with van der Waals surface area (Å²) >= 11 is 3.49. The number of benzene rings is 6. The zero-order chi connectivity index (χ0) is 72.2. The number of nitrogens with one attached hydrogen (secondary N) is 6. The van der Waals surface area contributed by atoms with E-state index in [0.717, 1.165) is 146 Å². The van der Waals surface area contributed by atoms with Gasteiger partial charge in [0.1, 0.15) is 12.6 Å². The van der Waals surface area contributed by atoms with Crippen molar-refractivity contribution in [3.63, 3.8) is 0 Å². The second-order valence-electron chi connectivity index (χ2n) is 25.0. The van der Waals surface area contributed by atoms with Gasteiger partial charge in [-0.3, -0.25) is 28.8 Å². The number of aromatic nitrogens is 6. The monoisotopic (exact) mass is 1440 g/mol. The van der Waals surface area contributed by atoms with Crippen molar-refractivity contribution in [2.75, 3.05) is 37.1 Å². The lowest BCUT2D eigenvalue weighted by atomic mass is 9.80. The fourth-order valence-electron chi connectivity index (χ4n) is 12.4. The third-order valence-corrected chi connectivity index (χ3v) is 18.7. The number of carbonyl (C=O) groups is 6. The van der Waals surface area contributed by atoms with Gasteiger partial charge in [-0.15, -0.1) is 0 Å². The highest BCUT2D eigenvalue weighted by atomic mass is 79.9. The zero-order valence-corrected chi connectivity index (χ0v) is 59.9. The Labute approximate surface area is 602 Å². The molecule has 4 amide bonds. The van der Waals surface area contributed by atoms with Gasteiger partial charge in [0, 0.05) is 138 Å². The molecule has 8 N–H and O–H groups in total. The minimum absolute atomic E-state index is 0.233. The second-order valence-corrected chi connectivity index (χ2v) is 25.9. The molecule has 102 heavy (non-hydrogen) atoms. The molecule has 0 radical (unpaired) electrons. The topological polar surface area (TPSA) is 295 Å². The van der Waals surface area contributed by atoms with Crippen molar-refractivity contribution in [2.24, 2.45) is 0 Å². The van der Waals surface area contributed by atoms with Crippen molar-refractivity contribution in [3.05, 3.63) is 228 Å². The fourth-order valence-corrected chi connectivity index (χ4v) is 12.8.